The smallest absolute Gasteiger partial charge is 0.0760 e. The van der Waals surface area contributed by atoms with Gasteiger partial charge in [-0.1, -0.05) is 91.1 Å². The molecule has 2 aromatic carbocycles. The highest BCUT2D eigenvalue weighted by Gasteiger charge is 2.16. The van der Waals surface area contributed by atoms with Gasteiger partial charge in [-0.3, -0.25) is 0 Å². The van der Waals surface area contributed by atoms with Gasteiger partial charge in [0.15, 0.2) is 0 Å². The Morgan fingerprint density at radius 3 is 2.00 bits per heavy atom. The first-order chi connectivity index (χ1) is 8.66. The molecule has 0 aliphatic carbocycles. The molecule has 0 fully saturated rings. The molecule has 0 aliphatic heterocycles. The van der Waals surface area contributed by atoms with Crippen molar-refractivity contribution in [3.8, 4) is 0 Å². The van der Waals surface area contributed by atoms with Crippen LogP contribution in [0.15, 0.2) is 66.4 Å². The van der Waals surface area contributed by atoms with Gasteiger partial charge in [-0.15, -0.1) is 0 Å². The Kier molecular flexibility index (Phi) is 4.16. The highest BCUT2D eigenvalue weighted by molar-refractivity contribution is 6.82. The molecule has 2 rings (SSSR count). The normalized spacial score (nSPS) is 11.9. The largest absolute Gasteiger partial charge is 0.0938 e. The fraction of sp³-hybridized carbons (Fsp3) is 0.176. The molecule has 18 heavy (non-hydrogen) atoms. The number of hydrogen-bond donors (Lipinski definition) is 0. The molecule has 0 bridgehead atoms. The van der Waals surface area contributed by atoms with Crippen molar-refractivity contribution in [2.45, 2.75) is 19.1 Å². The van der Waals surface area contributed by atoms with E-state index in [1.807, 2.05) is 0 Å². The average molecular weight is 252 g/mol. The van der Waals surface area contributed by atoms with Crippen LogP contribution >= 0.6 is 0 Å². The molecule has 1 heteroatoms. The van der Waals surface area contributed by atoms with Crippen LogP contribution in [-0.4, -0.2) is 8.07 Å². The molecule has 0 unspecified atom stereocenters. The van der Waals surface area contributed by atoms with Gasteiger partial charge in [0.25, 0.3) is 0 Å². The summed E-state index contributed by atoms with van der Waals surface area (Å²) in [6.07, 6.45) is 2.27. The first kappa shape index (κ1) is 12.8. The van der Waals surface area contributed by atoms with Crippen LogP contribution in [0.3, 0.4) is 0 Å². The third kappa shape index (κ3) is 4.01. The van der Waals surface area contributed by atoms with Gasteiger partial charge in [0, 0.05) is 0 Å². The molecule has 0 amide bonds. The molecule has 0 aromatic heterocycles. The summed E-state index contributed by atoms with van der Waals surface area (Å²) >= 11 is 0. The van der Waals surface area contributed by atoms with E-state index in [1.54, 1.807) is 0 Å². The van der Waals surface area contributed by atoms with Crippen LogP contribution in [0.1, 0.15) is 11.1 Å². The third-order valence-corrected chi connectivity index (χ3v) is 5.42. The maximum Gasteiger partial charge on any atom is 0.0760 e. The second-order valence-electron chi connectivity index (χ2n) is 5.39. The van der Waals surface area contributed by atoms with E-state index < -0.39 is 8.07 Å². The molecule has 0 nitrogen and oxygen atoms in total. The molecular formula is C17H20Si. The maximum atomic E-state index is 2.44. The maximum absolute atomic E-state index is 2.44. The van der Waals surface area contributed by atoms with Crippen molar-refractivity contribution >= 4 is 14.1 Å². The van der Waals surface area contributed by atoms with Crippen LogP contribution in [0.5, 0.6) is 0 Å². The van der Waals surface area contributed by atoms with Gasteiger partial charge in [0.05, 0.1) is 8.07 Å². The van der Waals surface area contributed by atoms with E-state index in [9.17, 15) is 0 Å². The SMILES string of the molecule is C[Si](C)(C=Cc1ccccc1)Cc1ccccc1. The van der Waals surface area contributed by atoms with Crippen LogP contribution in [-0.2, 0) is 6.04 Å². The van der Waals surface area contributed by atoms with Gasteiger partial charge in [-0.2, -0.15) is 0 Å². The highest BCUT2D eigenvalue weighted by Crippen LogP contribution is 2.15. The van der Waals surface area contributed by atoms with Gasteiger partial charge >= 0.3 is 0 Å². The number of rotatable bonds is 4. The van der Waals surface area contributed by atoms with Crippen molar-refractivity contribution < 1.29 is 0 Å². The Labute approximate surface area is 111 Å². The Hall–Kier alpha value is -1.60. The lowest BCUT2D eigenvalue weighted by molar-refractivity contribution is 1.33. The van der Waals surface area contributed by atoms with E-state index in [-0.39, 0.29) is 0 Å². The Morgan fingerprint density at radius 2 is 1.39 bits per heavy atom. The fourth-order valence-electron chi connectivity index (χ4n) is 2.07. The zero-order valence-electron chi connectivity index (χ0n) is 11.1. The van der Waals surface area contributed by atoms with E-state index in [2.05, 4.69) is 85.5 Å². The number of benzene rings is 2. The molecule has 0 heterocycles. The summed E-state index contributed by atoms with van der Waals surface area (Å²) in [5.41, 5.74) is 5.19. The van der Waals surface area contributed by atoms with Crippen molar-refractivity contribution in [1.29, 1.82) is 0 Å². The predicted octanol–water partition coefficient (Wildman–Crippen LogP) is 4.73. The minimum Gasteiger partial charge on any atom is -0.0938 e. The molecule has 0 N–H and O–H groups in total. The predicted molar refractivity (Wildman–Crippen MR) is 83.1 cm³/mol. The van der Waals surface area contributed by atoms with Gasteiger partial charge < -0.3 is 0 Å². The first-order valence-corrected chi connectivity index (χ1v) is 9.72. The second-order valence-corrected chi connectivity index (χ2v) is 10.1. The topological polar surface area (TPSA) is 0 Å². The second kappa shape index (κ2) is 5.83. The van der Waals surface area contributed by atoms with Crippen LogP contribution in [0.25, 0.3) is 6.08 Å². The third-order valence-electron chi connectivity index (χ3n) is 3.03. The lowest BCUT2D eigenvalue weighted by Crippen LogP contribution is -2.26. The van der Waals surface area contributed by atoms with Gasteiger partial charge in [0.1, 0.15) is 0 Å². The van der Waals surface area contributed by atoms with E-state index in [0.29, 0.717) is 0 Å². The molecule has 0 saturated carbocycles. The van der Waals surface area contributed by atoms with Crippen molar-refractivity contribution in [1.82, 2.24) is 0 Å². The standard InChI is InChI=1S/C17H20Si/c1-18(2,15-17-11-7-4-8-12-17)14-13-16-9-5-3-6-10-16/h3-14H,15H2,1-2H3. The quantitative estimate of drug-likeness (QED) is 0.690. The summed E-state index contributed by atoms with van der Waals surface area (Å²) in [4.78, 5) is 0. The molecule has 2 aromatic rings. The summed E-state index contributed by atoms with van der Waals surface area (Å²) < 4.78 is 0. The monoisotopic (exact) mass is 252 g/mol. The summed E-state index contributed by atoms with van der Waals surface area (Å²) in [7, 11) is -1.31. The van der Waals surface area contributed by atoms with Gasteiger partial charge in [0.2, 0.25) is 0 Å². The molecule has 0 saturated heterocycles. The van der Waals surface area contributed by atoms with E-state index >= 15 is 0 Å². The van der Waals surface area contributed by atoms with Crippen LogP contribution < -0.4 is 0 Å². The Balaban J connectivity index is 2.06. The number of hydrogen-bond acceptors (Lipinski definition) is 0. The van der Waals surface area contributed by atoms with Crippen molar-refractivity contribution in [3.05, 3.63) is 77.5 Å². The van der Waals surface area contributed by atoms with Crippen molar-refractivity contribution in [2.24, 2.45) is 0 Å². The van der Waals surface area contributed by atoms with E-state index in [4.69, 9.17) is 0 Å². The van der Waals surface area contributed by atoms with Crippen LogP contribution in [0.4, 0.5) is 0 Å². The van der Waals surface area contributed by atoms with Crippen molar-refractivity contribution in [3.63, 3.8) is 0 Å². The molecule has 0 spiro atoms. The minimum atomic E-state index is -1.31. The van der Waals surface area contributed by atoms with Crippen LogP contribution in [0.2, 0.25) is 13.1 Å². The summed E-state index contributed by atoms with van der Waals surface area (Å²) in [6, 6.07) is 22.5. The minimum absolute atomic E-state index is 1.21. The molecule has 92 valence electrons. The lowest BCUT2D eigenvalue weighted by atomic mass is 10.2. The molecule has 0 aliphatic rings. The zero-order chi connectivity index (χ0) is 12.8. The molecule has 0 radical (unpaired) electrons. The average Bonchev–Trinajstić information content (AvgIpc) is 2.38. The van der Waals surface area contributed by atoms with Crippen LogP contribution in [0, 0.1) is 0 Å². The Morgan fingerprint density at radius 1 is 0.833 bits per heavy atom. The Bertz CT molecular complexity index is 498. The molecule has 0 atom stereocenters. The summed E-state index contributed by atoms with van der Waals surface area (Å²) in [6.45, 7) is 4.83. The highest BCUT2D eigenvalue weighted by atomic mass is 28.3. The fourth-order valence-corrected chi connectivity index (χ4v) is 4.12. The lowest BCUT2D eigenvalue weighted by Gasteiger charge is -2.17. The summed E-state index contributed by atoms with van der Waals surface area (Å²) in [5, 5.41) is 0. The van der Waals surface area contributed by atoms with Gasteiger partial charge in [-0.25, -0.2) is 0 Å². The van der Waals surface area contributed by atoms with Gasteiger partial charge in [-0.05, 0) is 11.6 Å². The first-order valence-electron chi connectivity index (χ1n) is 6.44. The van der Waals surface area contributed by atoms with E-state index in [1.165, 1.54) is 17.2 Å². The van der Waals surface area contributed by atoms with E-state index in [0.717, 1.165) is 0 Å². The summed E-state index contributed by atoms with van der Waals surface area (Å²) in [5.74, 6) is 0. The zero-order valence-corrected chi connectivity index (χ0v) is 12.1. The molecular weight excluding hydrogens is 232 g/mol. The van der Waals surface area contributed by atoms with Crippen molar-refractivity contribution in [2.75, 3.05) is 0 Å².